The second-order valence-electron chi connectivity index (χ2n) is 4.19. The fourth-order valence-electron chi connectivity index (χ4n) is 1.33. The van der Waals surface area contributed by atoms with Crippen molar-refractivity contribution in [2.75, 3.05) is 6.26 Å². The number of sulfone groups is 1. The summed E-state index contributed by atoms with van der Waals surface area (Å²) < 4.78 is 26.5. The van der Waals surface area contributed by atoms with Gasteiger partial charge in [0, 0.05) is 11.8 Å². The number of hydrogen-bond acceptors (Lipinski definition) is 6. The van der Waals surface area contributed by atoms with Gasteiger partial charge in [-0.05, 0) is 19.1 Å². The Labute approximate surface area is 115 Å². The van der Waals surface area contributed by atoms with Crippen molar-refractivity contribution in [3.63, 3.8) is 0 Å². The van der Waals surface area contributed by atoms with Gasteiger partial charge in [-0.25, -0.2) is 13.2 Å². The number of halogens is 1. The molecule has 104 valence electrons. The monoisotopic (exact) mass is 305 g/mol. The van der Waals surface area contributed by atoms with Gasteiger partial charge in [-0.1, -0.05) is 12.1 Å². The Morgan fingerprint density at radius 1 is 1.26 bits per heavy atom. The van der Waals surface area contributed by atoms with E-state index in [1.165, 1.54) is 24.3 Å². The molecule has 0 aromatic heterocycles. The molecular formula is C11H12ClNO5S. The Kier molecular flexibility index (Phi) is 4.34. The summed E-state index contributed by atoms with van der Waals surface area (Å²) in [6.45, 7) is 1.16. The van der Waals surface area contributed by atoms with E-state index in [0.29, 0.717) is 0 Å². The molecule has 8 heteroatoms. The first kappa shape index (κ1) is 15.6. The molecule has 0 saturated carbocycles. The minimum Gasteiger partial charge on any atom is -0.345 e. The van der Waals surface area contributed by atoms with Gasteiger partial charge in [-0.2, -0.15) is 0 Å². The van der Waals surface area contributed by atoms with E-state index in [9.17, 15) is 18.0 Å². The number of hydrogen-bond donors (Lipinski definition) is 1. The van der Waals surface area contributed by atoms with Gasteiger partial charge in [0.2, 0.25) is 0 Å². The van der Waals surface area contributed by atoms with Crippen LogP contribution in [0.25, 0.3) is 0 Å². The van der Waals surface area contributed by atoms with Gasteiger partial charge in [-0.15, -0.1) is 0 Å². The van der Waals surface area contributed by atoms with Crippen molar-refractivity contribution in [1.82, 2.24) is 0 Å². The van der Waals surface area contributed by atoms with Crippen LogP contribution in [0.4, 0.5) is 0 Å². The van der Waals surface area contributed by atoms with E-state index in [4.69, 9.17) is 17.6 Å². The van der Waals surface area contributed by atoms with E-state index < -0.39 is 27.1 Å². The molecule has 0 amide bonds. The maximum atomic E-state index is 12.0. The predicted molar refractivity (Wildman–Crippen MR) is 68.4 cm³/mol. The lowest BCUT2D eigenvalue weighted by Crippen LogP contribution is -2.52. The third kappa shape index (κ3) is 3.31. The molecule has 2 N–H and O–H groups in total. The van der Waals surface area contributed by atoms with Crippen molar-refractivity contribution in [2.24, 2.45) is 5.73 Å². The SMILES string of the molecule is CC(N)(C(=O)OCl)C(=O)c1ccc(S(C)(=O)=O)cc1. The summed E-state index contributed by atoms with van der Waals surface area (Å²) in [5.41, 5.74) is 3.69. The molecule has 0 saturated heterocycles. The van der Waals surface area contributed by atoms with Gasteiger partial charge in [0.1, 0.15) is 11.9 Å². The van der Waals surface area contributed by atoms with Crippen molar-refractivity contribution in [2.45, 2.75) is 17.4 Å². The zero-order valence-electron chi connectivity index (χ0n) is 10.2. The van der Waals surface area contributed by atoms with Crippen molar-refractivity contribution >= 4 is 33.5 Å². The van der Waals surface area contributed by atoms with Gasteiger partial charge in [0.05, 0.1) is 4.90 Å². The van der Waals surface area contributed by atoms with Crippen molar-refractivity contribution in [3.8, 4) is 0 Å². The average molecular weight is 306 g/mol. The summed E-state index contributed by atoms with van der Waals surface area (Å²) in [5.74, 6) is -1.82. The average Bonchev–Trinajstić information content (AvgIpc) is 2.35. The maximum absolute atomic E-state index is 12.0. The molecule has 0 aliphatic carbocycles. The standard InChI is InChI=1S/C11H12ClNO5S/c1-11(13,10(15)18-12)9(14)7-3-5-8(6-4-7)19(2,16)17/h3-6H,13H2,1-2H3. The molecule has 6 nitrogen and oxygen atoms in total. The first-order valence-electron chi connectivity index (χ1n) is 5.07. The van der Waals surface area contributed by atoms with Gasteiger partial charge in [0.25, 0.3) is 0 Å². The fourth-order valence-corrected chi connectivity index (χ4v) is 2.12. The summed E-state index contributed by atoms with van der Waals surface area (Å²) in [7, 11) is -3.36. The zero-order chi connectivity index (χ0) is 14.8. The summed E-state index contributed by atoms with van der Waals surface area (Å²) in [6.07, 6.45) is 1.04. The first-order valence-corrected chi connectivity index (χ1v) is 7.27. The molecule has 1 aromatic rings. The van der Waals surface area contributed by atoms with E-state index in [-0.39, 0.29) is 10.5 Å². The zero-order valence-corrected chi connectivity index (χ0v) is 11.8. The first-order chi connectivity index (χ1) is 8.60. The van der Waals surface area contributed by atoms with Crippen molar-refractivity contribution in [1.29, 1.82) is 0 Å². The molecule has 19 heavy (non-hydrogen) atoms. The third-order valence-electron chi connectivity index (χ3n) is 2.51. The quantitative estimate of drug-likeness (QED) is 0.648. The third-order valence-corrected chi connectivity index (χ3v) is 3.78. The normalized spacial score (nSPS) is 14.5. The van der Waals surface area contributed by atoms with Gasteiger partial charge in [-0.3, -0.25) is 4.79 Å². The highest BCUT2D eigenvalue weighted by atomic mass is 35.5. The minimum atomic E-state index is -3.36. The Bertz CT molecular complexity index is 606. The molecule has 1 rings (SSSR count). The highest BCUT2D eigenvalue weighted by Crippen LogP contribution is 2.16. The molecule has 1 aromatic carbocycles. The van der Waals surface area contributed by atoms with Crippen LogP contribution in [-0.2, 0) is 18.9 Å². The van der Waals surface area contributed by atoms with Gasteiger partial charge in [0.15, 0.2) is 21.2 Å². The number of ketones is 1. The summed E-state index contributed by atoms with van der Waals surface area (Å²) in [6, 6.07) is 5.05. The Morgan fingerprint density at radius 2 is 1.74 bits per heavy atom. The number of nitrogens with two attached hydrogens (primary N) is 1. The van der Waals surface area contributed by atoms with Crippen molar-refractivity contribution < 1.29 is 22.3 Å². The van der Waals surface area contributed by atoms with E-state index in [1.807, 2.05) is 0 Å². The summed E-state index contributed by atoms with van der Waals surface area (Å²) in [4.78, 5) is 23.3. The Balaban J connectivity index is 3.12. The molecule has 0 heterocycles. The molecular weight excluding hydrogens is 294 g/mol. The molecule has 0 spiro atoms. The minimum absolute atomic E-state index is 0.0581. The summed E-state index contributed by atoms with van der Waals surface area (Å²) in [5, 5.41) is 0. The molecule has 1 unspecified atom stereocenters. The van der Waals surface area contributed by atoms with Crippen LogP contribution in [-0.4, -0.2) is 32.0 Å². The van der Waals surface area contributed by atoms with Crippen LogP contribution in [0.1, 0.15) is 17.3 Å². The maximum Gasteiger partial charge on any atom is 0.352 e. The number of carbonyl (C=O) groups is 2. The lowest BCUT2D eigenvalue weighted by molar-refractivity contribution is -0.137. The number of rotatable bonds is 4. The molecule has 0 radical (unpaired) electrons. The van der Waals surface area contributed by atoms with E-state index in [0.717, 1.165) is 13.2 Å². The molecule has 0 aliphatic rings. The van der Waals surface area contributed by atoms with Crippen LogP contribution in [0.5, 0.6) is 0 Å². The van der Waals surface area contributed by atoms with Crippen LogP contribution in [0.2, 0.25) is 0 Å². The summed E-state index contributed by atoms with van der Waals surface area (Å²) >= 11 is 4.89. The van der Waals surface area contributed by atoms with Crippen molar-refractivity contribution in [3.05, 3.63) is 29.8 Å². The fraction of sp³-hybridized carbons (Fsp3) is 0.273. The molecule has 0 fully saturated rings. The van der Waals surface area contributed by atoms with Crippen LogP contribution in [0.3, 0.4) is 0 Å². The van der Waals surface area contributed by atoms with Gasteiger partial charge >= 0.3 is 5.97 Å². The van der Waals surface area contributed by atoms with E-state index in [2.05, 4.69) is 4.29 Å². The number of Topliss-reactive ketones (excluding diaryl/α,β-unsaturated/α-hetero) is 1. The Morgan fingerprint density at radius 3 is 2.11 bits per heavy atom. The van der Waals surface area contributed by atoms with E-state index >= 15 is 0 Å². The van der Waals surface area contributed by atoms with Gasteiger partial charge < -0.3 is 10.0 Å². The smallest absolute Gasteiger partial charge is 0.345 e. The second kappa shape index (κ2) is 5.28. The second-order valence-corrected chi connectivity index (χ2v) is 6.36. The molecule has 0 bridgehead atoms. The lowest BCUT2D eigenvalue weighted by Gasteiger charge is -2.18. The topological polar surface area (TPSA) is 104 Å². The van der Waals surface area contributed by atoms with E-state index in [1.54, 1.807) is 0 Å². The largest absolute Gasteiger partial charge is 0.352 e. The van der Waals surface area contributed by atoms with Crippen LogP contribution in [0, 0.1) is 0 Å². The Hall–Kier alpha value is -1.44. The highest BCUT2D eigenvalue weighted by molar-refractivity contribution is 7.90. The van der Waals surface area contributed by atoms with Crippen LogP contribution in [0.15, 0.2) is 29.2 Å². The number of benzene rings is 1. The number of carbonyl (C=O) groups excluding carboxylic acids is 2. The highest BCUT2D eigenvalue weighted by Gasteiger charge is 2.39. The molecule has 0 aliphatic heterocycles. The molecule has 1 atom stereocenters. The van der Waals surface area contributed by atoms with Crippen LogP contribution < -0.4 is 5.73 Å². The predicted octanol–water partition coefficient (Wildman–Crippen LogP) is 0.687. The van der Waals surface area contributed by atoms with Crippen LogP contribution >= 0.6 is 11.9 Å². The lowest BCUT2D eigenvalue weighted by atomic mass is 9.92.